The highest BCUT2D eigenvalue weighted by Gasteiger charge is 2.36. The predicted molar refractivity (Wildman–Crippen MR) is 120 cm³/mol. The molecule has 0 atom stereocenters. The summed E-state index contributed by atoms with van der Waals surface area (Å²) < 4.78 is 17.6. The summed E-state index contributed by atoms with van der Waals surface area (Å²) in [5, 5.41) is 10.1. The average molecular weight is 424 g/mol. The molecule has 0 saturated carbocycles. The fourth-order valence-electron chi connectivity index (χ4n) is 4.26. The second-order valence-corrected chi connectivity index (χ2v) is 8.80. The van der Waals surface area contributed by atoms with E-state index >= 15 is 0 Å². The number of hydrogen-bond donors (Lipinski definition) is 1. The van der Waals surface area contributed by atoms with Gasteiger partial charge in [0.2, 0.25) is 5.88 Å². The highest BCUT2D eigenvalue weighted by molar-refractivity contribution is 5.30. The predicted octanol–water partition coefficient (Wildman–Crippen LogP) is 5.00. The molecule has 0 bridgehead atoms. The Kier molecular flexibility index (Phi) is 7.25. The number of rotatable bonds is 8. The van der Waals surface area contributed by atoms with Crippen molar-refractivity contribution in [3.63, 3.8) is 0 Å². The van der Waals surface area contributed by atoms with Gasteiger partial charge in [0.1, 0.15) is 12.4 Å². The van der Waals surface area contributed by atoms with E-state index in [0.29, 0.717) is 19.1 Å². The summed E-state index contributed by atoms with van der Waals surface area (Å²) in [4.78, 5) is 4.56. The maximum atomic E-state index is 10.1. The molecule has 2 heterocycles. The molecule has 1 fully saturated rings. The van der Waals surface area contributed by atoms with E-state index in [-0.39, 0.29) is 17.8 Å². The van der Waals surface area contributed by atoms with Gasteiger partial charge in [-0.05, 0) is 49.7 Å². The molecule has 4 rings (SSSR count). The Morgan fingerprint density at radius 2 is 1.77 bits per heavy atom. The molecule has 2 aromatic rings. The lowest BCUT2D eigenvalue weighted by molar-refractivity contribution is -0.240. The standard InChI is InChI=1S/C26H33NO4/c1-2-6-20-7-9-21(10-8-20)11-12-22-15-23(28)16-24(27-22)29-17-25-30-18-26(19-31-25)13-4-3-5-14-26/h3-4,7-10,15-16,25H,2,5-6,11-14,17-19H2,1H3,(H,27,28). The Morgan fingerprint density at radius 3 is 2.45 bits per heavy atom. The third kappa shape index (κ3) is 6.08. The van der Waals surface area contributed by atoms with Gasteiger partial charge in [0.15, 0.2) is 6.29 Å². The van der Waals surface area contributed by atoms with Crippen molar-refractivity contribution in [2.24, 2.45) is 5.41 Å². The molecule has 5 heteroatoms. The number of hydrogen-bond acceptors (Lipinski definition) is 5. The third-order valence-electron chi connectivity index (χ3n) is 6.15. The van der Waals surface area contributed by atoms with Gasteiger partial charge in [-0.1, -0.05) is 49.8 Å². The van der Waals surface area contributed by atoms with Crippen molar-refractivity contribution in [1.29, 1.82) is 0 Å². The van der Waals surface area contributed by atoms with E-state index in [0.717, 1.165) is 50.6 Å². The molecule has 1 spiro atoms. The summed E-state index contributed by atoms with van der Waals surface area (Å²) in [6, 6.07) is 12.0. The van der Waals surface area contributed by atoms with Crippen LogP contribution in [0, 0.1) is 5.41 Å². The van der Waals surface area contributed by atoms with Crippen LogP contribution in [0.3, 0.4) is 0 Å². The smallest absolute Gasteiger partial charge is 0.217 e. The number of aryl methyl sites for hydroxylation is 3. The largest absolute Gasteiger partial charge is 0.508 e. The third-order valence-corrected chi connectivity index (χ3v) is 6.15. The SMILES string of the molecule is CCCc1ccc(CCc2cc(O)cc(OCC3OCC4(CC=CCC4)CO3)n2)cc1. The maximum absolute atomic E-state index is 10.1. The van der Waals surface area contributed by atoms with Gasteiger partial charge in [-0.15, -0.1) is 0 Å². The maximum Gasteiger partial charge on any atom is 0.217 e. The van der Waals surface area contributed by atoms with Gasteiger partial charge in [-0.2, -0.15) is 0 Å². The van der Waals surface area contributed by atoms with Crippen LogP contribution in [-0.2, 0) is 28.7 Å². The molecule has 0 unspecified atom stereocenters. The van der Waals surface area contributed by atoms with E-state index in [1.54, 1.807) is 12.1 Å². The molecule has 31 heavy (non-hydrogen) atoms. The number of pyridine rings is 1. The lowest BCUT2D eigenvalue weighted by Gasteiger charge is -2.40. The normalized spacial score (nSPS) is 23.2. The molecular formula is C26H33NO4. The molecule has 2 aliphatic rings. The van der Waals surface area contributed by atoms with Gasteiger partial charge in [0, 0.05) is 23.2 Å². The van der Waals surface area contributed by atoms with Crippen molar-refractivity contribution in [3.05, 3.63) is 65.4 Å². The molecule has 0 amide bonds. The lowest BCUT2D eigenvalue weighted by Crippen LogP contribution is -2.44. The molecule has 1 aromatic heterocycles. The number of nitrogens with zero attached hydrogens (tertiary/aromatic N) is 1. The van der Waals surface area contributed by atoms with E-state index in [1.165, 1.54) is 11.1 Å². The van der Waals surface area contributed by atoms with E-state index in [9.17, 15) is 5.11 Å². The minimum atomic E-state index is -0.397. The van der Waals surface area contributed by atoms with Crippen LogP contribution in [0.2, 0.25) is 0 Å². The van der Waals surface area contributed by atoms with Gasteiger partial charge in [0.25, 0.3) is 0 Å². The van der Waals surface area contributed by atoms with Crippen LogP contribution in [0.5, 0.6) is 11.6 Å². The van der Waals surface area contributed by atoms with Gasteiger partial charge in [-0.25, -0.2) is 4.98 Å². The zero-order chi connectivity index (χ0) is 21.5. The number of benzene rings is 1. The summed E-state index contributed by atoms with van der Waals surface area (Å²) in [5.41, 5.74) is 3.57. The van der Waals surface area contributed by atoms with Crippen molar-refractivity contribution in [2.75, 3.05) is 19.8 Å². The number of aromatic hydroxyl groups is 1. The molecule has 1 aromatic carbocycles. The number of ether oxygens (including phenoxy) is 3. The van der Waals surface area contributed by atoms with Crippen LogP contribution in [0.25, 0.3) is 0 Å². The first kappa shape index (κ1) is 21.8. The molecular weight excluding hydrogens is 390 g/mol. The van der Waals surface area contributed by atoms with E-state index in [2.05, 4.69) is 48.3 Å². The summed E-state index contributed by atoms with van der Waals surface area (Å²) in [6.45, 7) is 3.85. The minimum absolute atomic E-state index is 0.121. The van der Waals surface area contributed by atoms with E-state index < -0.39 is 6.29 Å². The fraction of sp³-hybridized carbons (Fsp3) is 0.500. The van der Waals surface area contributed by atoms with Crippen LogP contribution in [-0.4, -0.2) is 36.2 Å². The first-order chi connectivity index (χ1) is 15.1. The Morgan fingerprint density at radius 1 is 1.03 bits per heavy atom. The van der Waals surface area contributed by atoms with Gasteiger partial charge in [0.05, 0.1) is 13.2 Å². The summed E-state index contributed by atoms with van der Waals surface area (Å²) >= 11 is 0. The van der Waals surface area contributed by atoms with E-state index in [4.69, 9.17) is 14.2 Å². The molecule has 1 N–H and O–H groups in total. The second-order valence-electron chi connectivity index (χ2n) is 8.80. The van der Waals surface area contributed by atoms with Gasteiger partial charge < -0.3 is 19.3 Å². The Labute approximate surface area is 185 Å². The molecule has 0 radical (unpaired) electrons. The van der Waals surface area contributed by atoms with Crippen molar-refractivity contribution >= 4 is 0 Å². The van der Waals surface area contributed by atoms with Crippen LogP contribution < -0.4 is 4.74 Å². The number of aromatic nitrogens is 1. The van der Waals surface area contributed by atoms with Crippen LogP contribution in [0.15, 0.2) is 48.6 Å². The Balaban J connectivity index is 1.27. The highest BCUT2D eigenvalue weighted by Crippen LogP contribution is 2.36. The van der Waals surface area contributed by atoms with Gasteiger partial charge in [-0.3, -0.25) is 0 Å². The topological polar surface area (TPSA) is 60.8 Å². The number of allylic oxidation sites excluding steroid dienone is 2. The highest BCUT2D eigenvalue weighted by atomic mass is 16.7. The quantitative estimate of drug-likeness (QED) is 0.605. The first-order valence-corrected chi connectivity index (χ1v) is 11.4. The summed E-state index contributed by atoms with van der Waals surface area (Å²) in [6.07, 6.45) is 11.1. The van der Waals surface area contributed by atoms with Crippen molar-refractivity contribution in [2.45, 2.75) is 58.2 Å². The van der Waals surface area contributed by atoms with Crippen LogP contribution in [0.1, 0.15) is 49.4 Å². The average Bonchev–Trinajstić information content (AvgIpc) is 2.79. The Hall–Kier alpha value is -2.37. The molecule has 1 aliphatic heterocycles. The van der Waals surface area contributed by atoms with Crippen molar-refractivity contribution in [1.82, 2.24) is 4.98 Å². The first-order valence-electron chi connectivity index (χ1n) is 11.4. The van der Waals surface area contributed by atoms with Gasteiger partial charge >= 0.3 is 0 Å². The van der Waals surface area contributed by atoms with Crippen LogP contribution >= 0.6 is 0 Å². The molecule has 1 saturated heterocycles. The van der Waals surface area contributed by atoms with Crippen molar-refractivity contribution in [3.8, 4) is 11.6 Å². The summed E-state index contributed by atoms with van der Waals surface area (Å²) in [7, 11) is 0. The summed E-state index contributed by atoms with van der Waals surface area (Å²) in [5.74, 6) is 0.568. The fourth-order valence-corrected chi connectivity index (χ4v) is 4.26. The van der Waals surface area contributed by atoms with E-state index in [1.807, 2.05) is 0 Å². The second kappa shape index (κ2) is 10.3. The monoisotopic (exact) mass is 423 g/mol. The molecule has 1 aliphatic carbocycles. The lowest BCUT2D eigenvalue weighted by atomic mass is 9.78. The molecule has 5 nitrogen and oxygen atoms in total. The zero-order valence-corrected chi connectivity index (χ0v) is 18.4. The Bertz CT molecular complexity index is 869. The van der Waals surface area contributed by atoms with Crippen molar-refractivity contribution < 1.29 is 19.3 Å². The zero-order valence-electron chi connectivity index (χ0n) is 18.4. The molecule has 166 valence electrons. The van der Waals surface area contributed by atoms with Crippen LogP contribution in [0.4, 0.5) is 0 Å². The minimum Gasteiger partial charge on any atom is -0.508 e.